The zero-order valence-electron chi connectivity index (χ0n) is 9.26. The Bertz CT molecular complexity index is 544. The second-order valence-corrected chi connectivity index (χ2v) is 4.13. The highest BCUT2D eigenvalue weighted by Gasteiger charge is 2.19. The molecule has 0 saturated carbocycles. The number of hydrogen-bond donors (Lipinski definition) is 2. The summed E-state index contributed by atoms with van der Waals surface area (Å²) >= 11 is 0. The van der Waals surface area contributed by atoms with Crippen LogP contribution in [0.15, 0.2) is 24.8 Å². The molecule has 0 bridgehead atoms. The van der Waals surface area contributed by atoms with E-state index in [9.17, 15) is 4.79 Å². The summed E-state index contributed by atoms with van der Waals surface area (Å²) in [5.41, 5.74) is 1.31. The van der Waals surface area contributed by atoms with Gasteiger partial charge in [-0.3, -0.25) is 9.78 Å². The van der Waals surface area contributed by atoms with Crippen molar-refractivity contribution in [1.29, 1.82) is 0 Å². The Morgan fingerprint density at radius 1 is 1.53 bits per heavy atom. The first-order chi connectivity index (χ1) is 8.34. The minimum absolute atomic E-state index is 0.0818. The molecule has 1 atom stereocenters. The second-order valence-electron chi connectivity index (χ2n) is 4.13. The lowest BCUT2D eigenvalue weighted by Gasteiger charge is -2.09. The summed E-state index contributed by atoms with van der Waals surface area (Å²) in [7, 11) is 0. The van der Waals surface area contributed by atoms with Crippen LogP contribution in [-0.2, 0) is 0 Å². The van der Waals surface area contributed by atoms with Crippen molar-refractivity contribution in [2.24, 2.45) is 0 Å². The smallest absolute Gasteiger partial charge is 0.255 e. The zero-order chi connectivity index (χ0) is 11.7. The fourth-order valence-electron chi connectivity index (χ4n) is 2.05. The average Bonchev–Trinajstić information content (AvgIpc) is 2.96. The Morgan fingerprint density at radius 2 is 2.47 bits per heavy atom. The molecule has 0 aromatic carbocycles. The largest absolute Gasteiger partial charge is 0.348 e. The van der Waals surface area contributed by atoms with Gasteiger partial charge in [-0.05, 0) is 13.0 Å². The van der Waals surface area contributed by atoms with Gasteiger partial charge < -0.3 is 10.6 Å². The van der Waals surface area contributed by atoms with Gasteiger partial charge in [0.15, 0.2) is 0 Å². The quantitative estimate of drug-likeness (QED) is 0.752. The summed E-state index contributed by atoms with van der Waals surface area (Å²) < 4.78 is 1.65. The Kier molecular flexibility index (Phi) is 2.49. The predicted octanol–water partition coefficient (Wildman–Crippen LogP) is -0.179. The van der Waals surface area contributed by atoms with Crippen molar-refractivity contribution in [3.8, 4) is 0 Å². The van der Waals surface area contributed by atoms with Crippen molar-refractivity contribution < 1.29 is 4.79 Å². The van der Waals surface area contributed by atoms with Crippen LogP contribution in [0.5, 0.6) is 0 Å². The van der Waals surface area contributed by atoms with Crippen molar-refractivity contribution in [3.63, 3.8) is 0 Å². The number of nitrogens with zero attached hydrogens (tertiary/aromatic N) is 3. The van der Waals surface area contributed by atoms with Crippen LogP contribution in [0.25, 0.3) is 5.52 Å². The minimum Gasteiger partial charge on any atom is -0.348 e. The van der Waals surface area contributed by atoms with Crippen LogP contribution in [0.1, 0.15) is 16.8 Å². The number of carbonyl (C=O) groups is 1. The molecule has 2 aromatic rings. The van der Waals surface area contributed by atoms with E-state index in [0.717, 1.165) is 25.0 Å². The molecule has 6 heteroatoms. The molecule has 1 unspecified atom stereocenters. The lowest BCUT2D eigenvalue weighted by molar-refractivity contribution is 0.0941. The summed E-state index contributed by atoms with van der Waals surface area (Å²) in [4.78, 5) is 16.1. The summed E-state index contributed by atoms with van der Waals surface area (Å²) in [5.74, 6) is -0.0818. The first-order valence-corrected chi connectivity index (χ1v) is 5.63. The van der Waals surface area contributed by atoms with Gasteiger partial charge in [-0.1, -0.05) is 0 Å². The van der Waals surface area contributed by atoms with Gasteiger partial charge in [0.05, 0.1) is 23.5 Å². The topological polar surface area (TPSA) is 71.3 Å². The Hall–Kier alpha value is -1.95. The fourth-order valence-corrected chi connectivity index (χ4v) is 2.05. The van der Waals surface area contributed by atoms with Crippen LogP contribution in [0, 0.1) is 0 Å². The molecule has 3 heterocycles. The highest BCUT2D eigenvalue weighted by Crippen LogP contribution is 2.09. The third-order valence-electron chi connectivity index (χ3n) is 2.96. The molecule has 2 aromatic heterocycles. The van der Waals surface area contributed by atoms with Crippen LogP contribution in [0.3, 0.4) is 0 Å². The van der Waals surface area contributed by atoms with Crippen molar-refractivity contribution >= 4 is 11.4 Å². The molecular formula is C11H13N5O. The van der Waals surface area contributed by atoms with E-state index >= 15 is 0 Å². The molecule has 2 N–H and O–H groups in total. The van der Waals surface area contributed by atoms with Crippen LogP contribution in [0.4, 0.5) is 0 Å². The normalized spacial score (nSPS) is 19.6. The zero-order valence-corrected chi connectivity index (χ0v) is 9.26. The molecular weight excluding hydrogens is 218 g/mol. The Morgan fingerprint density at radius 3 is 3.29 bits per heavy atom. The van der Waals surface area contributed by atoms with Crippen LogP contribution >= 0.6 is 0 Å². The lowest BCUT2D eigenvalue weighted by Crippen LogP contribution is -2.36. The molecule has 1 aliphatic heterocycles. The number of nitrogens with one attached hydrogen (secondary N) is 2. The van der Waals surface area contributed by atoms with Gasteiger partial charge in [0, 0.05) is 25.0 Å². The highest BCUT2D eigenvalue weighted by molar-refractivity contribution is 6.00. The number of carbonyl (C=O) groups excluding carboxylic acids is 1. The van der Waals surface area contributed by atoms with Gasteiger partial charge in [0.1, 0.15) is 0 Å². The number of rotatable bonds is 2. The van der Waals surface area contributed by atoms with Gasteiger partial charge in [-0.15, -0.1) is 0 Å². The maximum absolute atomic E-state index is 12.1. The van der Waals surface area contributed by atoms with E-state index in [2.05, 4.69) is 20.7 Å². The third-order valence-corrected chi connectivity index (χ3v) is 2.96. The SMILES string of the molecule is O=C(NC1CCNC1)c1cnn2ccncc12. The van der Waals surface area contributed by atoms with Gasteiger partial charge in [-0.25, -0.2) is 4.52 Å². The van der Waals surface area contributed by atoms with E-state index in [-0.39, 0.29) is 11.9 Å². The van der Waals surface area contributed by atoms with Crippen molar-refractivity contribution in [3.05, 3.63) is 30.4 Å². The number of amides is 1. The molecule has 88 valence electrons. The van der Waals surface area contributed by atoms with Gasteiger partial charge in [-0.2, -0.15) is 5.10 Å². The van der Waals surface area contributed by atoms with Gasteiger partial charge >= 0.3 is 0 Å². The van der Waals surface area contributed by atoms with Crippen LogP contribution < -0.4 is 10.6 Å². The van der Waals surface area contributed by atoms with E-state index < -0.39 is 0 Å². The molecule has 0 aliphatic carbocycles. The minimum atomic E-state index is -0.0818. The van der Waals surface area contributed by atoms with E-state index in [1.54, 1.807) is 29.3 Å². The first kappa shape index (κ1) is 10.2. The molecule has 3 rings (SSSR count). The molecule has 1 fully saturated rings. The van der Waals surface area contributed by atoms with E-state index in [0.29, 0.717) is 5.56 Å². The summed E-state index contributed by atoms with van der Waals surface area (Å²) in [6.45, 7) is 1.80. The summed E-state index contributed by atoms with van der Waals surface area (Å²) in [6.07, 6.45) is 7.57. The number of fused-ring (bicyclic) bond motifs is 1. The maximum Gasteiger partial charge on any atom is 0.255 e. The third kappa shape index (κ3) is 1.87. The molecule has 17 heavy (non-hydrogen) atoms. The monoisotopic (exact) mass is 231 g/mol. The van der Waals surface area contributed by atoms with Crippen molar-refractivity contribution in [1.82, 2.24) is 25.2 Å². The fraction of sp³-hybridized carbons (Fsp3) is 0.364. The Labute approximate surface area is 98.0 Å². The molecule has 0 radical (unpaired) electrons. The van der Waals surface area contributed by atoms with E-state index in [4.69, 9.17) is 0 Å². The summed E-state index contributed by atoms with van der Waals surface area (Å²) in [6, 6.07) is 0.217. The average molecular weight is 231 g/mol. The maximum atomic E-state index is 12.1. The standard InChI is InChI=1S/C11H13N5O/c17-11(15-8-1-2-12-5-8)9-6-14-16-4-3-13-7-10(9)16/h3-4,6-8,12H,1-2,5H2,(H,15,17). The van der Waals surface area contributed by atoms with E-state index in [1.165, 1.54) is 0 Å². The van der Waals surface area contributed by atoms with Gasteiger partial charge in [0.25, 0.3) is 5.91 Å². The molecule has 6 nitrogen and oxygen atoms in total. The lowest BCUT2D eigenvalue weighted by atomic mass is 10.2. The molecule has 1 aliphatic rings. The summed E-state index contributed by atoms with van der Waals surface area (Å²) in [5, 5.41) is 10.3. The van der Waals surface area contributed by atoms with Gasteiger partial charge in [0.2, 0.25) is 0 Å². The van der Waals surface area contributed by atoms with Crippen LogP contribution in [0.2, 0.25) is 0 Å². The van der Waals surface area contributed by atoms with Crippen molar-refractivity contribution in [2.45, 2.75) is 12.5 Å². The van der Waals surface area contributed by atoms with Crippen molar-refractivity contribution in [2.75, 3.05) is 13.1 Å². The number of hydrogen-bond acceptors (Lipinski definition) is 4. The Balaban J connectivity index is 1.85. The predicted molar refractivity (Wildman–Crippen MR) is 61.7 cm³/mol. The molecule has 1 saturated heterocycles. The first-order valence-electron chi connectivity index (χ1n) is 5.63. The number of aromatic nitrogens is 3. The van der Waals surface area contributed by atoms with Crippen LogP contribution in [-0.4, -0.2) is 39.6 Å². The second kappa shape index (κ2) is 4.14. The molecule has 1 amide bonds. The van der Waals surface area contributed by atoms with E-state index in [1.807, 2.05) is 0 Å². The highest BCUT2D eigenvalue weighted by atomic mass is 16.1. The molecule has 0 spiro atoms.